The molecule has 1 aromatic heterocycles. The second-order valence-electron chi connectivity index (χ2n) is 9.82. The summed E-state index contributed by atoms with van der Waals surface area (Å²) in [7, 11) is 0. The molecule has 1 heterocycles. The van der Waals surface area contributed by atoms with Crippen molar-refractivity contribution in [1.29, 1.82) is 0 Å². The molecule has 0 N–H and O–H groups in total. The largest absolute Gasteiger partial charge is 0.261 e. The Bertz CT molecular complexity index is 684. The highest BCUT2D eigenvalue weighted by molar-refractivity contribution is 5.30. The van der Waals surface area contributed by atoms with Crippen LogP contribution >= 0.6 is 0 Å². The highest BCUT2D eigenvalue weighted by Crippen LogP contribution is 2.33. The molecule has 0 amide bonds. The minimum atomic E-state index is 0.166. The number of benzene rings is 1. The molecule has 0 aliphatic rings. The zero-order chi connectivity index (χ0) is 19.5. The third kappa shape index (κ3) is 5.19. The van der Waals surface area contributed by atoms with Crippen molar-refractivity contribution < 1.29 is 0 Å². The molecule has 2 rings (SSSR count). The Morgan fingerprint density at radius 2 is 1.38 bits per heavy atom. The van der Waals surface area contributed by atoms with Gasteiger partial charge >= 0.3 is 0 Å². The number of nitrogens with zero attached hydrogens (tertiary/aromatic N) is 1. The van der Waals surface area contributed by atoms with Crippen LogP contribution in [0.25, 0.3) is 0 Å². The smallest absolute Gasteiger partial charge is 0.0431 e. The van der Waals surface area contributed by atoms with Gasteiger partial charge in [0.05, 0.1) is 0 Å². The van der Waals surface area contributed by atoms with Crippen molar-refractivity contribution >= 4 is 0 Å². The summed E-state index contributed by atoms with van der Waals surface area (Å²) < 4.78 is 0. The van der Waals surface area contributed by atoms with E-state index in [9.17, 15) is 0 Å². The maximum atomic E-state index is 4.75. The van der Waals surface area contributed by atoms with Crippen LogP contribution in [0.3, 0.4) is 0 Å². The van der Waals surface area contributed by atoms with Crippen LogP contribution < -0.4 is 0 Å². The van der Waals surface area contributed by atoms with Crippen LogP contribution in [-0.2, 0) is 10.8 Å². The van der Waals surface area contributed by atoms with Gasteiger partial charge in [0.2, 0.25) is 0 Å². The second-order valence-corrected chi connectivity index (χ2v) is 9.82. The monoisotopic (exact) mass is 351 g/mol. The Morgan fingerprint density at radius 3 is 1.85 bits per heavy atom. The van der Waals surface area contributed by atoms with Crippen LogP contribution in [0.2, 0.25) is 0 Å². The van der Waals surface area contributed by atoms with Gasteiger partial charge in [0, 0.05) is 11.9 Å². The van der Waals surface area contributed by atoms with E-state index in [-0.39, 0.29) is 10.8 Å². The maximum absolute atomic E-state index is 4.75. The van der Waals surface area contributed by atoms with Gasteiger partial charge in [-0.1, -0.05) is 85.7 Å². The summed E-state index contributed by atoms with van der Waals surface area (Å²) in [4.78, 5) is 4.75. The first-order chi connectivity index (χ1) is 12.0. The molecule has 0 spiro atoms. The summed E-state index contributed by atoms with van der Waals surface area (Å²) in [6.45, 7) is 18.2. The molecule has 0 saturated heterocycles. The van der Waals surface area contributed by atoms with Gasteiger partial charge < -0.3 is 0 Å². The topological polar surface area (TPSA) is 12.9 Å². The standard InChI is InChI=1S/C25H37N/c1-18(2)20-9-11-21(12-10-20)25(7,8)16-15-19(3)23-14-13-22(17-26-23)24(4,5)6/h9-14,17-19H,15-16H2,1-8H3. The second kappa shape index (κ2) is 7.94. The Morgan fingerprint density at radius 1 is 0.808 bits per heavy atom. The molecule has 1 nitrogen and oxygen atoms in total. The zero-order valence-corrected chi connectivity index (χ0v) is 18.1. The van der Waals surface area contributed by atoms with Gasteiger partial charge in [-0.05, 0) is 58.3 Å². The fourth-order valence-corrected chi connectivity index (χ4v) is 3.33. The van der Waals surface area contributed by atoms with Crippen LogP contribution in [-0.4, -0.2) is 4.98 Å². The molecular formula is C25H37N. The Kier molecular flexibility index (Phi) is 6.32. The predicted octanol–water partition coefficient (Wildman–Crippen LogP) is 7.36. The fourth-order valence-electron chi connectivity index (χ4n) is 3.33. The van der Waals surface area contributed by atoms with Crippen molar-refractivity contribution in [2.24, 2.45) is 0 Å². The third-order valence-electron chi connectivity index (χ3n) is 5.72. The van der Waals surface area contributed by atoms with Crippen molar-refractivity contribution in [2.45, 2.75) is 90.9 Å². The van der Waals surface area contributed by atoms with Crippen molar-refractivity contribution in [1.82, 2.24) is 4.98 Å². The molecule has 1 heteroatoms. The van der Waals surface area contributed by atoms with Crippen molar-refractivity contribution in [3.8, 4) is 0 Å². The summed E-state index contributed by atoms with van der Waals surface area (Å²) in [5.41, 5.74) is 5.72. The molecule has 1 unspecified atom stereocenters. The van der Waals surface area contributed by atoms with E-state index in [1.807, 2.05) is 0 Å². The molecule has 2 aromatic rings. The Labute approximate surface area is 161 Å². The van der Waals surface area contributed by atoms with Crippen molar-refractivity contribution in [3.63, 3.8) is 0 Å². The quantitative estimate of drug-likeness (QED) is 0.529. The van der Waals surface area contributed by atoms with E-state index in [0.717, 1.165) is 12.8 Å². The molecule has 1 atom stereocenters. The molecule has 1 aromatic carbocycles. The first-order valence-corrected chi connectivity index (χ1v) is 10.1. The van der Waals surface area contributed by atoms with Crippen LogP contribution in [0.5, 0.6) is 0 Å². The number of hydrogen-bond acceptors (Lipinski definition) is 1. The van der Waals surface area contributed by atoms with E-state index in [1.165, 1.54) is 22.4 Å². The van der Waals surface area contributed by atoms with Crippen LogP contribution in [0.15, 0.2) is 42.6 Å². The minimum absolute atomic E-state index is 0.166. The molecule has 0 bridgehead atoms. The van der Waals surface area contributed by atoms with Crippen molar-refractivity contribution in [2.75, 3.05) is 0 Å². The summed E-state index contributed by atoms with van der Waals surface area (Å²) >= 11 is 0. The molecule has 0 radical (unpaired) electrons. The number of aromatic nitrogens is 1. The fraction of sp³-hybridized carbons (Fsp3) is 0.560. The number of hydrogen-bond donors (Lipinski definition) is 0. The maximum Gasteiger partial charge on any atom is 0.0431 e. The molecule has 26 heavy (non-hydrogen) atoms. The summed E-state index contributed by atoms with van der Waals surface area (Å²) in [5, 5.41) is 0. The predicted molar refractivity (Wildman–Crippen MR) is 114 cm³/mol. The minimum Gasteiger partial charge on any atom is -0.261 e. The van der Waals surface area contributed by atoms with E-state index < -0.39 is 0 Å². The Hall–Kier alpha value is -1.63. The van der Waals surface area contributed by atoms with Crippen molar-refractivity contribution in [3.05, 3.63) is 65.0 Å². The molecule has 142 valence electrons. The van der Waals surface area contributed by atoms with E-state index >= 15 is 0 Å². The lowest BCUT2D eigenvalue weighted by molar-refractivity contribution is 0.436. The lowest BCUT2D eigenvalue weighted by Gasteiger charge is -2.27. The van der Waals surface area contributed by atoms with Gasteiger partial charge in [0.15, 0.2) is 0 Å². The number of pyridine rings is 1. The summed E-state index contributed by atoms with van der Waals surface area (Å²) in [5.74, 6) is 1.08. The first-order valence-electron chi connectivity index (χ1n) is 10.1. The van der Waals surface area contributed by atoms with E-state index in [4.69, 9.17) is 4.98 Å². The average Bonchev–Trinajstić information content (AvgIpc) is 2.59. The van der Waals surface area contributed by atoms with Gasteiger partial charge in [0.1, 0.15) is 0 Å². The Balaban J connectivity index is 2.01. The van der Waals surface area contributed by atoms with E-state index in [1.54, 1.807) is 0 Å². The third-order valence-corrected chi connectivity index (χ3v) is 5.72. The lowest BCUT2D eigenvalue weighted by atomic mass is 9.78. The molecule has 0 saturated carbocycles. The van der Waals surface area contributed by atoms with Gasteiger partial charge in [-0.3, -0.25) is 4.98 Å². The first kappa shape index (κ1) is 20.7. The van der Waals surface area contributed by atoms with E-state index in [2.05, 4.69) is 98.0 Å². The van der Waals surface area contributed by atoms with Crippen LogP contribution in [0.1, 0.15) is 102 Å². The molecule has 0 aliphatic carbocycles. The molecular weight excluding hydrogens is 314 g/mol. The SMILES string of the molecule is CC(C)c1ccc(C(C)(C)CCC(C)c2ccc(C(C)(C)C)cn2)cc1. The number of rotatable bonds is 6. The normalized spacial score (nSPS) is 13.9. The molecule has 0 aliphatic heterocycles. The summed E-state index contributed by atoms with van der Waals surface area (Å²) in [6, 6.07) is 13.7. The van der Waals surface area contributed by atoms with Gasteiger partial charge in [-0.25, -0.2) is 0 Å². The van der Waals surface area contributed by atoms with Gasteiger partial charge in [-0.15, -0.1) is 0 Å². The molecule has 0 fully saturated rings. The zero-order valence-electron chi connectivity index (χ0n) is 18.1. The van der Waals surface area contributed by atoms with Crippen LogP contribution in [0, 0.1) is 0 Å². The highest BCUT2D eigenvalue weighted by Gasteiger charge is 2.22. The van der Waals surface area contributed by atoms with Gasteiger partial charge in [-0.2, -0.15) is 0 Å². The summed E-state index contributed by atoms with van der Waals surface area (Å²) in [6.07, 6.45) is 4.38. The average molecular weight is 352 g/mol. The van der Waals surface area contributed by atoms with E-state index in [0.29, 0.717) is 11.8 Å². The van der Waals surface area contributed by atoms with Crippen LogP contribution in [0.4, 0.5) is 0 Å². The van der Waals surface area contributed by atoms with Gasteiger partial charge in [0.25, 0.3) is 0 Å². The lowest BCUT2D eigenvalue weighted by Crippen LogP contribution is -2.18. The highest BCUT2D eigenvalue weighted by atomic mass is 14.7.